The maximum atomic E-state index is 13.2. The first-order chi connectivity index (χ1) is 16.4. The molecule has 2 aromatic carbocycles. The largest absolute Gasteiger partial charge is 0.416 e. The van der Waals surface area contributed by atoms with Crippen LogP contribution in [-0.2, 0) is 16.6 Å². The number of aromatic nitrogens is 2. The monoisotopic (exact) mass is 486 g/mol. The highest BCUT2D eigenvalue weighted by molar-refractivity contribution is 5.92. The average Bonchev–Trinajstić information content (AvgIpc) is 2.79. The number of aliphatic hydroxyl groups is 1. The second-order valence-electron chi connectivity index (χ2n) is 9.34. The van der Waals surface area contributed by atoms with E-state index in [2.05, 4.69) is 15.3 Å². The molecule has 0 bridgehead atoms. The summed E-state index contributed by atoms with van der Waals surface area (Å²) < 4.78 is 39.6. The van der Waals surface area contributed by atoms with E-state index in [0.717, 1.165) is 17.7 Å². The Hall–Kier alpha value is -3.20. The van der Waals surface area contributed by atoms with Crippen LogP contribution in [0, 0.1) is 13.8 Å². The predicted octanol–water partition coefficient (Wildman–Crippen LogP) is 5.27. The van der Waals surface area contributed by atoms with Gasteiger partial charge < -0.3 is 15.3 Å². The van der Waals surface area contributed by atoms with Crippen LogP contribution in [0.5, 0.6) is 0 Å². The summed E-state index contributed by atoms with van der Waals surface area (Å²) in [5.74, 6) is 1.01. The highest BCUT2D eigenvalue weighted by atomic mass is 19.4. The van der Waals surface area contributed by atoms with E-state index in [9.17, 15) is 23.1 Å². The molecule has 9 heteroatoms. The van der Waals surface area contributed by atoms with Crippen LogP contribution in [0.3, 0.4) is 0 Å². The van der Waals surface area contributed by atoms with Crippen molar-refractivity contribution in [3.63, 3.8) is 0 Å². The fourth-order valence-electron chi connectivity index (χ4n) is 4.65. The Labute approximate surface area is 202 Å². The van der Waals surface area contributed by atoms with Crippen LogP contribution < -0.4 is 5.32 Å². The Morgan fingerprint density at radius 1 is 1.14 bits per heavy atom. The van der Waals surface area contributed by atoms with Gasteiger partial charge in [0.25, 0.3) is 0 Å². The second kappa shape index (κ2) is 9.11. The van der Waals surface area contributed by atoms with Crippen molar-refractivity contribution >= 4 is 22.6 Å². The number of likely N-dealkylation sites (tertiary alicyclic amines) is 1. The lowest BCUT2D eigenvalue weighted by atomic mass is 9.83. The summed E-state index contributed by atoms with van der Waals surface area (Å²) in [7, 11) is 0. The topological polar surface area (TPSA) is 78.4 Å². The molecule has 1 saturated heterocycles. The molecule has 0 radical (unpaired) electrons. The molecule has 0 saturated carbocycles. The number of hydrogen-bond donors (Lipinski definition) is 2. The molecule has 6 nitrogen and oxygen atoms in total. The van der Waals surface area contributed by atoms with Crippen LogP contribution in [0.1, 0.15) is 60.8 Å². The smallest absolute Gasteiger partial charge is 0.385 e. The van der Waals surface area contributed by atoms with E-state index in [1.54, 1.807) is 24.8 Å². The van der Waals surface area contributed by atoms with Crippen molar-refractivity contribution in [1.82, 2.24) is 14.9 Å². The molecule has 0 unspecified atom stereocenters. The van der Waals surface area contributed by atoms with E-state index >= 15 is 0 Å². The molecule has 1 aliphatic heterocycles. The molecule has 4 rings (SSSR count). The molecule has 1 atom stereocenters. The lowest BCUT2D eigenvalue weighted by molar-refractivity contribution is -0.137. The number of halogens is 3. The summed E-state index contributed by atoms with van der Waals surface area (Å²) in [4.78, 5) is 22.5. The molecule has 0 spiro atoms. The van der Waals surface area contributed by atoms with Crippen LogP contribution in [0.2, 0.25) is 0 Å². The lowest BCUT2D eigenvalue weighted by Gasteiger charge is -2.38. The highest BCUT2D eigenvalue weighted by Crippen LogP contribution is 2.37. The molecule has 2 N–H and O–H groups in total. The Bertz CT molecular complexity index is 1270. The Balaban J connectivity index is 1.71. The highest BCUT2D eigenvalue weighted by Gasteiger charge is 2.35. The van der Waals surface area contributed by atoms with Gasteiger partial charge in [0, 0.05) is 31.4 Å². The molecule has 2 heterocycles. The van der Waals surface area contributed by atoms with Crippen molar-refractivity contribution in [1.29, 1.82) is 0 Å². The number of alkyl halides is 3. The molecule has 1 fully saturated rings. The van der Waals surface area contributed by atoms with Gasteiger partial charge in [-0.2, -0.15) is 13.2 Å². The number of piperidine rings is 1. The third kappa shape index (κ3) is 5.10. The maximum absolute atomic E-state index is 13.2. The van der Waals surface area contributed by atoms with Gasteiger partial charge in [0.2, 0.25) is 5.91 Å². The van der Waals surface area contributed by atoms with Crippen LogP contribution in [0.4, 0.5) is 19.0 Å². The van der Waals surface area contributed by atoms with Crippen molar-refractivity contribution in [2.45, 2.75) is 58.4 Å². The Morgan fingerprint density at radius 2 is 1.83 bits per heavy atom. The van der Waals surface area contributed by atoms with Crippen molar-refractivity contribution in [2.75, 3.05) is 18.4 Å². The zero-order valence-corrected chi connectivity index (χ0v) is 20.2. The summed E-state index contributed by atoms with van der Waals surface area (Å²) in [6, 6.07) is 8.53. The summed E-state index contributed by atoms with van der Waals surface area (Å²) in [5.41, 5.74) is 0.967. The standard InChI is InChI=1S/C26H29F3N4O2/c1-15-12-21(25(35)8-10-33(11-9-25)18(4)34)14-22-23(15)31-17(3)32-24(22)30-16(2)19-6-5-7-20(13-19)26(27,28)29/h5-7,12-14,16,35H,8-11H2,1-4H3,(H,30,31,32)/t16-/m0/s1. The van der Waals surface area contributed by atoms with Gasteiger partial charge in [-0.05, 0) is 68.5 Å². The van der Waals surface area contributed by atoms with Gasteiger partial charge in [-0.1, -0.05) is 18.2 Å². The number of carbonyl (C=O) groups excluding carboxylic acids is 1. The minimum atomic E-state index is -4.42. The quantitative estimate of drug-likeness (QED) is 0.526. The van der Waals surface area contributed by atoms with Crippen molar-refractivity contribution in [3.8, 4) is 0 Å². The van der Waals surface area contributed by atoms with Gasteiger partial charge in [0.05, 0.1) is 16.7 Å². The third-order valence-corrected chi connectivity index (χ3v) is 6.74. The van der Waals surface area contributed by atoms with Gasteiger partial charge in [0.15, 0.2) is 0 Å². The van der Waals surface area contributed by atoms with Gasteiger partial charge in [-0.3, -0.25) is 4.79 Å². The number of anilines is 1. The van der Waals surface area contributed by atoms with Crippen molar-refractivity contribution in [2.24, 2.45) is 0 Å². The first-order valence-electron chi connectivity index (χ1n) is 11.6. The summed E-state index contributed by atoms with van der Waals surface area (Å²) in [6.45, 7) is 7.90. The zero-order chi connectivity index (χ0) is 25.5. The maximum Gasteiger partial charge on any atom is 0.416 e. The Kier molecular flexibility index (Phi) is 6.48. The van der Waals surface area contributed by atoms with E-state index in [0.29, 0.717) is 59.6 Å². The SMILES string of the molecule is CC(=O)N1CCC(O)(c2cc(C)c3nc(C)nc(N[C@@H](C)c4cccc(C(F)(F)F)c4)c3c2)CC1. The molecule has 35 heavy (non-hydrogen) atoms. The zero-order valence-electron chi connectivity index (χ0n) is 20.2. The van der Waals surface area contributed by atoms with E-state index in [4.69, 9.17) is 0 Å². The van der Waals surface area contributed by atoms with Crippen molar-refractivity contribution in [3.05, 3.63) is 64.5 Å². The average molecular weight is 487 g/mol. The molecule has 1 amide bonds. The van der Waals surface area contributed by atoms with Gasteiger partial charge >= 0.3 is 6.18 Å². The molecule has 3 aromatic rings. The number of carbonyl (C=O) groups is 1. The summed E-state index contributed by atoms with van der Waals surface area (Å²) in [6.07, 6.45) is -3.60. The van der Waals surface area contributed by atoms with Gasteiger partial charge in [0.1, 0.15) is 11.6 Å². The third-order valence-electron chi connectivity index (χ3n) is 6.74. The predicted molar refractivity (Wildman–Crippen MR) is 128 cm³/mol. The van der Waals surface area contributed by atoms with Crippen LogP contribution in [0.15, 0.2) is 36.4 Å². The summed E-state index contributed by atoms with van der Waals surface area (Å²) >= 11 is 0. The normalized spacial score (nSPS) is 16.9. The summed E-state index contributed by atoms with van der Waals surface area (Å²) in [5, 5.41) is 15.4. The number of benzene rings is 2. The molecule has 1 aliphatic rings. The number of hydrogen-bond acceptors (Lipinski definition) is 5. The van der Waals surface area contributed by atoms with Gasteiger partial charge in [-0.25, -0.2) is 9.97 Å². The second-order valence-corrected chi connectivity index (χ2v) is 9.34. The van der Waals surface area contributed by atoms with Gasteiger partial charge in [-0.15, -0.1) is 0 Å². The van der Waals surface area contributed by atoms with Crippen LogP contribution in [0.25, 0.3) is 10.9 Å². The fourth-order valence-corrected chi connectivity index (χ4v) is 4.65. The number of amides is 1. The number of rotatable bonds is 4. The minimum Gasteiger partial charge on any atom is -0.385 e. The number of aryl methyl sites for hydroxylation is 2. The van der Waals surface area contributed by atoms with Crippen molar-refractivity contribution < 1.29 is 23.1 Å². The van der Waals surface area contributed by atoms with E-state index in [-0.39, 0.29) is 5.91 Å². The van der Waals surface area contributed by atoms with E-state index < -0.39 is 23.4 Å². The first-order valence-corrected chi connectivity index (χ1v) is 11.6. The number of nitrogens with zero attached hydrogens (tertiary/aromatic N) is 3. The lowest BCUT2D eigenvalue weighted by Crippen LogP contribution is -2.44. The van der Waals surface area contributed by atoms with E-state index in [1.165, 1.54) is 13.0 Å². The molecule has 0 aliphatic carbocycles. The minimum absolute atomic E-state index is 0.0133. The first kappa shape index (κ1) is 24.9. The molecule has 1 aromatic heterocycles. The number of fused-ring (bicyclic) bond motifs is 1. The fraction of sp³-hybridized carbons (Fsp3) is 0.423. The molecular weight excluding hydrogens is 457 g/mol. The van der Waals surface area contributed by atoms with Crippen LogP contribution in [-0.4, -0.2) is 39.0 Å². The number of nitrogens with one attached hydrogen (secondary N) is 1. The Morgan fingerprint density at radius 3 is 2.46 bits per heavy atom. The molecule has 186 valence electrons. The molecular formula is C26H29F3N4O2. The van der Waals surface area contributed by atoms with E-state index in [1.807, 2.05) is 19.1 Å². The van der Waals surface area contributed by atoms with Crippen LogP contribution >= 0.6 is 0 Å².